The van der Waals surface area contributed by atoms with Crippen molar-refractivity contribution in [3.63, 3.8) is 0 Å². The van der Waals surface area contributed by atoms with Gasteiger partial charge >= 0.3 is 0 Å². The number of hydrogen-bond acceptors (Lipinski definition) is 4. The summed E-state index contributed by atoms with van der Waals surface area (Å²) in [5, 5.41) is 18.6. The lowest BCUT2D eigenvalue weighted by molar-refractivity contribution is 0.155. The Bertz CT molecular complexity index is 331. The van der Waals surface area contributed by atoms with Crippen LogP contribution < -0.4 is 0 Å². The summed E-state index contributed by atoms with van der Waals surface area (Å²) >= 11 is 11.7. The molecule has 0 atom stereocenters. The van der Waals surface area contributed by atoms with Crippen LogP contribution in [0.2, 0.25) is 10.2 Å². The average molecular weight is 265 g/mol. The van der Waals surface area contributed by atoms with Gasteiger partial charge in [-0.1, -0.05) is 23.2 Å². The molecule has 4 nitrogen and oxygen atoms in total. The van der Waals surface area contributed by atoms with Crippen LogP contribution in [0.4, 0.5) is 0 Å². The van der Waals surface area contributed by atoms with Crippen LogP contribution in [0, 0.1) is 0 Å². The van der Waals surface area contributed by atoms with Crippen molar-refractivity contribution < 1.29 is 10.2 Å². The topological polar surface area (TPSA) is 56.6 Å². The molecule has 1 rings (SSSR count). The summed E-state index contributed by atoms with van der Waals surface area (Å²) < 4.78 is 0. The molecule has 90 valence electrons. The summed E-state index contributed by atoms with van der Waals surface area (Å²) in [6.45, 7) is 1.44. The van der Waals surface area contributed by atoms with E-state index < -0.39 is 0 Å². The maximum absolute atomic E-state index is 8.86. The summed E-state index contributed by atoms with van der Waals surface area (Å²) in [4.78, 5) is 5.96. The Balaban J connectivity index is 2.71. The molecule has 0 aliphatic rings. The first kappa shape index (κ1) is 13.7. The molecule has 6 heteroatoms. The smallest absolute Gasteiger partial charge is 0.129 e. The van der Waals surface area contributed by atoms with Crippen LogP contribution in [0.1, 0.15) is 5.69 Å². The second-order valence-corrected chi connectivity index (χ2v) is 4.08. The van der Waals surface area contributed by atoms with Crippen molar-refractivity contribution in [1.82, 2.24) is 9.88 Å². The van der Waals surface area contributed by atoms with E-state index in [2.05, 4.69) is 4.98 Å². The van der Waals surface area contributed by atoms with Crippen molar-refractivity contribution in [3.8, 4) is 0 Å². The van der Waals surface area contributed by atoms with Crippen LogP contribution in [-0.4, -0.2) is 46.4 Å². The zero-order chi connectivity index (χ0) is 12.0. The predicted octanol–water partition coefficient (Wildman–Crippen LogP) is 1.18. The normalized spacial score (nSPS) is 11.1. The number of hydrogen-bond donors (Lipinski definition) is 2. The molecule has 0 aliphatic heterocycles. The lowest BCUT2D eigenvalue weighted by atomic mass is 10.3. The van der Waals surface area contributed by atoms with Crippen molar-refractivity contribution in [2.75, 3.05) is 26.3 Å². The van der Waals surface area contributed by atoms with Crippen molar-refractivity contribution >= 4 is 23.2 Å². The third-order valence-electron chi connectivity index (χ3n) is 2.09. The molecule has 0 aliphatic carbocycles. The number of rotatable bonds is 6. The van der Waals surface area contributed by atoms with E-state index in [-0.39, 0.29) is 13.2 Å². The summed E-state index contributed by atoms with van der Waals surface area (Å²) in [6.07, 6.45) is 0. The highest BCUT2D eigenvalue weighted by Crippen LogP contribution is 2.18. The first-order valence-corrected chi connectivity index (χ1v) is 5.68. The number of aromatic nitrogens is 1. The molecule has 0 amide bonds. The highest BCUT2D eigenvalue weighted by molar-refractivity contribution is 6.32. The van der Waals surface area contributed by atoms with Crippen LogP contribution in [0.15, 0.2) is 12.1 Å². The Morgan fingerprint density at radius 2 is 1.75 bits per heavy atom. The third-order valence-corrected chi connectivity index (χ3v) is 2.65. The second-order valence-electron chi connectivity index (χ2n) is 3.29. The van der Waals surface area contributed by atoms with Crippen molar-refractivity contribution in [2.24, 2.45) is 0 Å². The van der Waals surface area contributed by atoms with Gasteiger partial charge in [0.15, 0.2) is 0 Å². The monoisotopic (exact) mass is 264 g/mol. The molecule has 1 aromatic heterocycles. The van der Waals surface area contributed by atoms with E-state index in [1.165, 1.54) is 0 Å². The van der Waals surface area contributed by atoms with Gasteiger partial charge in [-0.2, -0.15) is 0 Å². The lowest BCUT2D eigenvalue weighted by Gasteiger charge is -2.20. The minimum atomic E-state index is 0.0260. The summed E-state index contributed by atoms with van der Waals surface area (Å²) in [5.41, 5.74) is 0.649. The predicted molar refractivity (Wildman–Crippen MR) is 63.7 cm³/mol. The van der Waals surface area contributed by atoms with E-state index in [0.717, 1.165) is 0 Å². The van der Waals surface area contributed by atoms with Gasteiger partial charge < -0.3 is 10.2 Å². The Labute approximate surface area is 104 Å². The Morgan fingerprint density at radius 3 is 2.31 bits per heavy atom. The summed E-state index contributed by atoms with van der Waals surface area (Å²) in [5.74, 6) is 0. The number of halogens is 2. The minimum Gasteiger partial charge on any atom is -0.395 e. The first-order valence-electron chi connectivity index (χ1n) is 4.92. The average Bonchev–Trinajstić information content (AvgIpc) is 2.24. The molecule has 0 spiro atoms. The molecule has 0 bridgehead atoms. The van der Waals surface area contributed by atoms with Gasteiger partial charge in [0, 0.05) is 19.6 Å². The number of aliphatic hydroxyl groups is 2. The van der Waals surface area contributed by atoms with E-state index in [1.807, 2.05) is 4.90 Å². The zero-order valence-electron chi connectivity index (χ0n) is 8.74. The minimum absolute atomic E-state index is 0.0260. The van der Waals surface area contributed by atoms with Gasteiger partial charge in [-0.25, -0.2) is 4.98 Å². The lowest BCUT2D eigenvalue weighted by Crippen LogP contribution is -2.29. The number of aliphatic hydroxyl groups excluding tert-OH is 2. The molecular weight excluding hydrogens is 251 g/mol. The molecule has 0 unspecified atom stereocenters. The molecule has 0 radical (unpaired) electrons. The van der Waals surface area contributed by atoms with Crippen molar-refractivity contribution in [3.05, 3.63) is 28.0 Å². The van der Waals surface area contributed by atoms with Crippen LogP contribution >= 0.6 is 23.2 Å². The van der Waals surface area contributed by atoms with Gasteiger partial charge in [-0.3, -0.25) is 4.90 Å². The van der Waals surface area contributed by atoms with Gasteiger partial charge in [0.1, 0.15) is 5.15 Å². The number of pyridine rings is 1. The summed E-state index contributed by atoms with van der Waals surface area (Å²) in [7, 11) is 0. The summed E-state index contributed by atoms with van der Waals surface area (Å²) in [6, 6.07) is 3.30. The van der Waals surface area contributed by atoms with E-state index in [1.54, 1.807) is 12.1 Å². The quantitative estimate of drug-likeness (QED) is 0.758. The van der Waals surface area contributed by atoms with Gasteiger partial charge in [-0.05, 0) is 12.1 Å². The van der Waals surface area contributed by atoms with Crippen LogP contribution in [0.5, 0.6) is 0 Å². The van der Waals surface area contributed by atoms with Crippen molar-refractivity contribution in [1.29, 1.82) is 0 Å². The fraction of sp³-hybridized carbons (Fsp3) is 0.500. The molecule has 0 aromatic carbocycles. The SMILES string of the molecule is OCCN(CCO)Cc1nc(Cl)ccc1Cl. The van der Waals surface area contributed by atoms with Gasteiger partial charge in [0.2, 0.25) is 0 Å². The number of nitrogens with zero attached hydrogens (tertiary/aromatic N) is 2. The Hall–Kier alpha value is -0.390. The van der Waals surface area contributed by atoms with Crippen LogP contribution in [-0.2, 0) is 6.54 Å². The van der Waals surface area contributed by atoms with Gasteiger partial charge in [0.05, 0.1) is 23.9 Å². The third kappa shape index (κ3) is 4.23. The molecule has 0 saturated heterocycles. The van der Waals surface area contributed by atoms with Crippen LogP contribution in [0.25, 0.3) is 0 Å². The molecular formula is C10H14Cl2N2O2. The van der Waals surface area contributed by atoms with E-state index in [4.69, 9.17) is 33.4 Å². The fourth-order valence-electron chi connectivity index (χ4n) is 1.33. The molecule has 1 aromatic rings. The van der Waals surface area contributed by atoms with Crippen molar-refractivity contribution in [2.45, 2.75) is 6.54 Å². The fourth-order valence-corrected chi connectivity index (χ4v) is 1.66. The van der Waals surface area contributed by atoms with E-state index >= 15 is 0 Å². The van der Waals surface area contributed by atoms with Crippen LogP contribution in [0.3, 0.4) is 0 Å². The Morgan fingerprint density at radius 1 is 1.12 bits per heavy atom. The molecule has 2 N–H and O–H groups in total. The van der Waals surface area contributed by atoms with E-state index in [0.29, 0.717) is 35.5 Å². The van der Waals surface area contributed by atoms with Gasteiger partial charge in [0.25, 0.3) is 0 Å². The molecule has 1 heterocycles. The zero-order valence-corrected chi connectivity index (χ0v) is 10.2. The highest BCUT2D eigenvalue weighted by Gasteiger charge is 2.09. The van der Waals surface area contributed by atoms with Gasteiger partial charge in [-0.15, -0.1) is 0 Å². The Kier molecular flexibility index (Phi) is 6.01. The molecule has 0 saturated carbocycles. The largest absolute Gasteiger partial charge is 0.395 e. The maximum atomic E-state index is 8.86. The first-order chi connectivity index (χ1) is 7.67. The standard InChI is InChI=1S/C10H14Cl2N2O2/c11-8-1-2-10(12)13-9(8)7-14(3-5-15)4-6-16/h1-2,15-16H,3-7H2. The maximum Gasteiger partial charge on any atom is 0.129 e. The molecule has 0 fully saturated rings. The van der Waals surface area contributed by atoms with E-state index in [9.17, 15) is 0 Å². The molecule has 16 heavy (non-hydrogen) atoms. The highest BCUT2D eigenvalue weighted by atomic mass is 35.5. The second kappa shape index (κ2) is 7.04.